The second-order valence-corrected chi connectivity index (χ2v) is 9.01. The number of amides is 4. The third-order valence-electron chi connectivity index (χ3n) is 5.38. The molecule has 11 heteroatoms. The first kappa shape index (κ1) is 24.4. The van der Waals surface area contributed by atoms with Crippen LogP contribution in [0.25, 0.3) is 0 Å². The van der Waals surface area contributed by atoms with Gasteiger partial charge in [0.2, 0.25) is 5.91 Å². The lowest BCUT2D eigenvalue weighted by molar-refractivity contribution is -0.150. The van der Waals surface area contributed by atoms with Crippen LogP contribution in [0.2, 0.25) is 0 Å². The maximum absolute atomic E-state index is 13.0. The van der Waals surface area contributed by atoms with E-state index in [9.17, 15) is 19.2 Å². The average molecular weight is 500 g/mol. The van der Waals surface area contributed by atoms with Crippen molar-refractivity contribution < 1.29 is 33.4 Å². The van der Waals surface area contributed by atoms with E-state index in [0.29, 0.717) is 36.1 Å². The Balaban J connectivity index is 1.33. The Hall–Kier alpha value is -3.73. The van der Waals surface area contributed by atoms with Gasteiger partial charge < -0.3 is 19.5 Å². The molecule has 4 amide bonds. The molecule has 0 unspecified atom stereocenters. The lowest BCUT2D eigenvalue weighted by Crippen LogP contribution is -2.48. The van der Waals surface area contributed by atoms with Crippen molar-refractivity contribution in [2.45, 2.75) is 36.5 Å². The van der Waals surface area contributed by atoms with Crippen molar-refractivity contribution in [1.82, 2.24) is 5.32 Å². The predicted molar refractivity (Wildman–Crippen MR) is 129 cm³/mol. The number of anilines is 2. The SMILES string of the molecule is CCOc1ccc(NC(=O)NC(=O)COC(=O)[C@@]23CCC(=O)N2c2ccccc2S3)cc1OCC. The molecule has 0 aromatic heterocycles. The van der Waals surface area contributed by atoms with Gasteiger partial charge in [-0.2, -0.15) is 0 Å². The topological polar surface area (TPSA) is 123 Å². The number of para-hydroxylation sites is 1. The number of urea groups is 1. The van der Waals surface area contributed by atoms with Gasteiger partial charge in [-0.05, 0) is 38.1 Å². The van der Waals surface area contributed by atoms with Gasteiger partial charge in [0.15, 0.2) is 23.0 Å². The molecule has 4 rings (SSSR count). The van der Waals surface area contributed by atoms with E-state index in [-0.39, 0.29) is 18.7 Å². The van der Waals surface area contributed by atoms with Gasteiger partial charge >= 0.3 is 12.0 Å². The Morgan fingerprint density at radius 3 is 2.57 bits per heavy atom. The summed E-state index contributed by atoms with van der Waals surface area (Å²) in [6, 6.07) is 11.3. The van der Waals surface area contributed by atoms with Crippen molar-refractivity contribution in [1.29, 1.82) is 0 Å². The van der Waals surface area contributed by atoms with Crippen LogP contribution in [-0.2, 0) is 19.1 Å². The van der Waals surface area contributed by atoms with E-state index in [4.69, 9.17) is 14.2 Å². The molecule has 2 aliphatic rings. The van der Waals surface area contributed by atoms with Crippen molar-refractivity contribution in [2.75, 3.05) is 30.0 Å². The Morgan fingerprint density at radius 2 is 1.80 bits per heavy atom. The number of hydrogen-bond acceptors (Lipinski definition) is 8. The minimum Gasteiger partial charge on any atom is -0.490 e. The number of carbonyl (C=O) groups is 4. The van der Waals surface area contributed by atoms with Gasteiger partial charge in [0.05, 0.1) is 18.9 Å². The smallest absolute Gasteiger partial charge is 0.344 e. The lowest BCUT2D eigenvalue weighted by atomic mass is 10.2. The summed E-state index contributed by atoms with van der Waals surface area (Å²) in [5, 5.41) is 4.66. The normalized spacial score (nSPS) is 17.9. The van der Waals surface area contributed by atoms with Crippen molar-refractivity contribution in [3.63, 3.8) is 0 Å². The molecule has 35 heavy (non-hydrogen) atoms. The Bertz CT molecular complexity index is 1170. The Kier molecular flexibility index (Phi) is 7.15. The molecule has 1 fully saturated rings. The van der Waals surface area contributed by atoms with E-state index >= 15 is 0 Å². The molecule has 0 saturated carbocycles. The molecule has 2 heterocycles. The van der Waals surface area contributed by atoms with Gasteiger partial charge in [0.25, 0.3) is 5.91 Å². The minimum atomic E-state index is -1.23. The molecule has 2 aliphatic heterocycles. The molecule has 0 bridgehead atoms. The van der Waals surface area contributed by atoms with Gasteiger partial charge in [-0.15, -0.1) is 0 Å². The Labute approximate surface area is 206 Å². The zero-order valence-corrected chi connectivity index (χ0v) is 20.1. The maximum atomic E-state index is 13.0. The van der Waals surface area contributed by atoms with Crippen LogP contribution in [0, 0.1) is 0 Å². The second-order valence-electron chi connectivity index (χ2n) is 7.69. The van der Waals surface area contributed by atoms with Crippen molar-refractivity contribution in [3.8, 4) is 11.5 Å². The zero-order chi connectivity index (χ0) is 25.0. The number of ether oxygens (including phenoxy) is 3. The van der Waals surface area contributed by atoms with Gasteiger partial charge in [-0.25, -0.2) is 9.59 Å². The van der Waals surface area contributed by atoms with E-state index in [1.165, 1.54) is 16.7 Å². The van der Waals surface area contributed by atoms with Crippen LogP contribution < -0.4 is 25.0 Å². The van der Waals surface area contributed by atoms with Crippen molar-refractivity contribution in [2.24, 2.45) is 0 Å². The minimum absolute atomic E-state index is 0.176. The van der Waals surface area contributed by atoms with Gasteiger partial charge in [-0.3, -0.25) is 19.8 Å². The molecular weight excluding hydrogens is 474 g/mol. The number of nitrogens with zero attached hydrogens (tertiary/aromatic N) is 1. The fourth-order valence-corrected chi connectivity index (χ4v) is 5.38. The first-order valence-electron chi connectivity index (χ1n) is 11.2. The first-order valence-corrected chi connectivity index (χ1v) is 12.0. The molecule has 10 nitrogen and oxygen atoms in total. The summed E-state index contributed by atoms with van der Waals surface area (Å²) < 4.78 is 16.2. The molecule has 1 saturated heterocycles. The molecule has 0 spiro atoms. The van der Waals surface area contributed by atoms with Crippen LogP contribution >= 0.6 is 11.8 Å². The largest absolute Gasteiger partial charge is 0.490 e. The highest BCUT2D eigenvalue weighted by Crippen LogP contribution is 2.56. The van der Waals surface area contributed by atoms with Gasteiger partial charge in [0.1, 0.15) is 0 Å². The van der Waals surface area contributed by atoms with Gasteiger partial charge in [0, 0.05) is 29.5 Å². The molecular formula is C24H25N3O7S. The van der Waals surface area contributed by atoms with E-state index < -0.39 is 29.4 Å². The van der Waals surface area contributed by atoms with Crippen LogP contribution in [0.1, 0.15) is 26.7 Å². The van der Waals surface area contributed by atoms with Crippen molar-refractivity contribution in [3.05, 3.63) is 42.5 Å². The average Bonchev–Trinajstić information content (AvgIpc) is 3.35. The standard InChI is InChI=1S/C24H25N3O7S/c1-3-32-17-10-9-15(13-18(17)33-4-2)25-23(31)26-20(28)14-34-22(30)24-12-11-21(29)27(24)16-7-5-6-8-19(16)35-24/h5-10,13H,3-4,11-12,14H2,1-2H3,(H2,25,26,28,31)/t24-/m0/s1. The molecule has 1 atom stereocenters. The van der Waals surface area contributed by atoms with Crippen LogP contribution in [0.5, 0.6) is 11.5 Å². The summed E-state index contributed by atoms with van der Waals surface area (Å²) in [6.07, 6.45) is 0.475. The van der Waals surface area contributed by atoms with Crippen molar-refractivity contribution >= 4 is 47.0 Å². The highest BCUT2D eigenvalue weighted by Gasteiger charge is 2.58. The van der Waals surface area contributed by atoms with E-state index in [1.807, 2.05) is 26.0 Å². The van der Waals surface area contributed by atoms with Crippen LogP contribution in [-0.4, -0.2) is 48.5 Å². The van der Waals surface area contributed by atoms with E-state index in [1.54, 1.807) is 30.3 Å². The molecule has 2 aromatic carbocycles. The number of rotatable bonds is 8. The third kappa shape index (κ3) is 4.90. The highest BCUT2D eigenvalue weighted by atomic mass is 32.2. The van der Waals surface area contributed by atoms with Crippen LogP contribution in [0.3, 0.4) is 0 Å². The van der Waals surface area contributed by atoms with E-state index in [2.05, 4.69) is 10.6 Å². The summed E-state index contributed by atoms with van der Waals surface area (Å²) in [4.78, 5) is 51.0. The molecule has 184 valence electrons. The van der Waals surface area contributed by atoms with Crippen LogP contribution in [0.15, 0.2) is 47.4 Å². The predicted octanol–water partition coefficient (Wildman–Crippen LogP) is 3.30. The summed E-state index contributed by atoms with van der Waals surface area (Å²) in [7, 11) is 0. The number of benzene rings is 2. The molecule has 0 aliphatic carbocycles. The lowest BCUT2D eigenvalue weighted by Gasteiger charge is -2.28. The van der Waals surface area contributed by atoms with E-state index in [0.717, 1.165) is 4.90 Å². The number of fused-ring (bicyclic) bond motifs is 3. The monoisotopic (exact) mass is 499 g/mol. The summed E-state index contributed by atoms with van der Waals surface area (Å²) >= 11 is 1.24. The summed E-state index contributed by atoms with van der Waals surface area (Å²) in [5.74, 6) is -0.691. The molecule has 2 N–H and O–H groups in total. The maximum Gasteiger partial charge on any atom is 0.344 e. The fraction of sp³-hybridized carbons (Fsp3) is 0.333. The summed E-state index contributed by atoms with van der Waals surface area (Å²) in [6.45, 7) is 3.87. The molecule has 2 aromatic rings. The number of thioether (sulfide) groups is 1. The van der Waals surface area contributed by atoms with Crippen LogP contribution in [0.4, 0.5) is 16.2 Å². The highest BCUT2D eigenvalue weighted by molar-refractivity contribution is 8.02. The number of esters is 1. The number of hydrogen-bond donors (Lipinski definition) is 2. The third-order valence-corrected chi connectivity index (χ3v) is 6.84. The number of nitrogens with one attached hydrogen (secondary N) is 2. The quantitative estimate of drug-likeness (QED) is 0.531. The van der Waals surface area contributed by atoms with Gasteiger partial charge in [-0.1, -0.05) is 23.9 Å². The first-order chi connectivity index (χ1) is 16.9. The second kappa shape index (κ2) is 10.3. The number of imide groups is 1. The Morgan fingerprint density at radius 1 is 1.06 bits per heavy atom. The fourth-order valence-electron chi connectivity index (χ4n) is 3.97. The molecule has 0 radical (unpaired) electrons. The number of carbonyl (C=O) groups excluding carboxylic acids is 4. The summed E-state index contributed by atoms with van der Waals surface area (Å²) in [5.41, 5.74) is 1.04. The zero-order valence-electron chi connectivity index (χ0n) is 19.3.